The molecule has 0 aromatic carbocycles. The first-order valence-corrected chi connectivity index (χ1v) is 51.3. The van der Waals surface area contributed by atoms with Crippen molar-refractivity contribution in [1.82, 2.24) is 0 Å². The average molecular weight is 2070 g/mol. The quantitative estimate of drug-likeness (QED) is 0.0404. The standard InChI is InChI=1S/C116H200O30/c1-26-42-117-78-109(18,79-118-43-27-2)94-139-70-105(71-140-95-110(19,80-119-44-28-3)81-120-45-29-4)66-135-62-103(63-136-67-106(72-141-96-111(20,82-121-46-30-5)83-122-47-31-6)73-142-97-112(21,84-123-48-32-7)85-124-49-33-8)60-133-58-102(17)59-134-61-104(64-137-68-107(74-143-98-113(22,86-125-50-34-9)87-126-51-35-10)75-144-99-114(23,88-127-52-36-11)89-128-53-37-12)65-138-69-108(76-145-100-115(24,90-129-54-38-13)91-130-55-39-14)77-146-101-116(25,92-131-56-40-15)93-132-57-41-16/h26-41,103-108H,1-17,42-101H2,18-25H3. The third-order valence-electron chi connectivity index (χ3n) is 21.6. The van der Waals surface area contributed by atoms with Gasteiger partial charge < -0.3 is 142 Å². The molecule has 0 rings (SSSR count). The van der Waals surface area contributed by atoms with Crippen LogP contribution in [0.5, 0.6) is 0 Å². The molecule has 0 radical (unpaired) electrons. The third-order valence-corrected chi connectivity index (χ3v) is 21.6. The maximum absolute atomic E-state index is 6.83. The molecule has 0 amide bonds. The maximum Gasteiger partial charge on any atom is 0.0696 e. The molecule has 0 aromatic rings. The Kier molecular flexibility index (Phi) is 89.4. The van der Waals surface area contributed by atoms with Crippen LogP contribution in [-0.2, 0) is 142 Å². The molecule has 844 valence electrons. The van der Waals surface area contributed by atoms with Crippen molar-refractivity contribution < 1.29 is 142 Å². The first-order chi connectivity index (χ1) is 70.5. The van der Waals surface area contributed by atoms with Crippen molar-refractivity contribution in [2.75, 3.05) is 396 Å². The van der Waals surface area contributed by atoms with E-state index in [4.69, 9.17) is 142 Å². The largest absolute Gasteiger partial charge is 0.381 e. The summed E-state index contributed by atoms with van der Waals surface area (Å²) in [6.45, 7) is 101. The van der Waals surface area contributed by atoms with Gasteiger partial charge in [0.05, 0.1) is 396 Å². The van der Waals surface area contributed by atoms with Crippen LogP contribution in [0.1, 0.15) is 55.4 Å². The van der Waals surface area contributed by atoms with Gasteiger partial charge in [0, 0.05) is 78.8 Å². The molecule has 0 spiro atoms. The zero-order chi connectivity index (χ0) is 108. The molecule has 0 saturated heterocycles. The smallest absolute Gasteiger partial charge is 0.0696 e. The Morgan fingerprint density at radius 1 is 0.137 bits per heavy atom. The fourth-order valence-electron chi connectivity index (χ4n) is 14.2. The van der Waals surface area contributed by atoms with Gasteiger partial charge in [-0.1, -0.05) is 159 Å². The van der Waals surface area contributed by atoms with Gasteiger partial charge >= 0.3 is 0 Å². The van der Waals surface area contributed by atoms with Gasteiger partial charge in [-0.2, -0.15) is 0 Å². The molecule has 0 aromatic heterocycles. The molecule has 30 heteroatoms. The highest BCUT2D eigenvalue weighted by atomic mass is 16.6. The van der Waals surface area contributed by atoms with E-state index >= 15 is 0 Å². The number of hydrogen-bond donors (Lipinski definition) is 0. The molecule has 0 atom stereocenters. The summed E-state index contributed by atoms with van der Waals surface area (Å²) >= 11 is 0. The van der Waals surface area contributed by atoms with Crippen LogP contribution in [0.15, 0.2) is 215 Å². The lowest BCUT2D eigenvalue weighted by atomic mass is 9.94. The van der Waals surface area contributed by atoms with Crippen molar-refractivity contribution in [3.8, 4) is 0 Å². The Bertz CT molecular complexity index is 2600. The fourth-order valence-corrected chi connectivity index (χ4v) is 14.2. The van der Waals surface area contributed by atoms with E-state index in [1.807, 2.05) is 0 Å². The van der Waals surface area contributed by atoms with Crippen LogP contribution in [0.3, 0.4) is 0 Å². The summed E-state index contributed by atoms with van der Waals surface area (Å²) in [6.07, 6.45) is 27.5. The Balaban J connectivity index is 8.37. The van der Waals surface area contributed by atoms with Crippen molar-refractivity contribution in [2.24, 2.45) is 78.8 Å². The zero-order valence-corrected chi connectivity index (χ0v) is 91.9. The lowest BCUT2D eigenvalue weighted by Gasteiger charge is -2.31. The molecule has 0 aliphatic carbocycles. The molecular weight excluding hydrogens is 1870 g/mol. The molecule has 146 heavy (non-hydrogen) atoms. The van der Waals surface area contributed by atoms with Crippen LogP contribution >= 0.6 is 0 Å². The summed E-state index contributed by atoms with van der Waals surface area (Å²) in [5, 5.41) is 0. The van der Waals surface area contributed by atoms with Crippen LogP contribution < -0.4 is 0 Å². The Morgan fingerprint density at radius 2 is 0.219 bits per heavy atom. The van der Waals surface area contributed by atoms with Crippen LogP contribution in [0.2, 0.25) is 0 Å². The minimum absolute atomic E-state index is 0.126. The van der Waals surface area contributed by atoms with E-state index in [9.17, 15) is 0 Å². The molecule has 0 aliphatic rings. The second kappa shape index (κ2) is 93.0. The molecule has 0 unspecified atom stereocenters. The fraction of sp³-hybridized carbons (Fsp3) is 0.707. The first-order valence-electron chi connectivity index (χ1n) is 51.3. The summed E-state index contributed by atoms with van der Waals surface area (Å²) in [5.41, 5.74) is -3.50. The summed E-state index contributed by atoms with van der Waals surface area (Å²) < 4.78 is 190. The van der Waals surface area contributed by atoms with Gasteiger partial charge in [-0.3, -0.25) is 0 Å². The molecule has 0 fully saturated rings. The summed E-state index contributed by atoms with van der Waals surface area (Å²) in [5.74, 6) is -1.75. The molecule has 30 nitrogen and oxygen atoms in total. The van der Waals surface area contributed by atoms with Crippen LogP contribution in [0.25, 0.3) is 0 Å². The van der Waals surface area contributed by atoms with Crippen molar-refractivity contribution in [3.63, 3.8) is 0 Å². The third kappa shape index (κ3) is 78.5. The maximum atomic E-state index is 6.83. The lowest BCUT2D eigenvalue weighted by molar-refractivity contribution is -0.0936. The zero-order valence-electron chi connectivity index (χ0n) is 91.9. The van der Waals surface area contributed by atoms with E-state index in [2.05, 4.69) is 167 Å². The van der Waals surface area contributed by atoms with Crippen LogP contribution in [0.4, 0.5) is 0 Å². The van der Waals surface area contributed by atoms with Gasteiger partial charge in [-0.05, 0) is 5.57 Å². The van der Waals surface area contributed by atoms with E-state index in [0.29, 0.717) is 270 Å². The van der Waals surface area contributed by atoms with Gasteiger partial charge in [-0.25, -0.2) is 0 Å². The van der Waals surface area contributed by atoms with Crippen LogP contribution in [-0.4, -0.2) is 396 Å². The van der Waals surface area contributed by atoms with E-state index in [0.717, 1.165) is 0 Å². The lowest BCUT2D eigenvalue weighted by Crippen LogP contribution is -2.37. The van der Waals surface area contributed by atoms with Crippen molar-refractivity contribution in [1.29, 1.82) is 0 Å². The van der Waals surface area contributed by atoms with Crippen LogP contribution in [0, 0.1) is 78.8 Å². The topological polar surface area (TPSA) is 277 Å². The molecule has 0 bridgehead atoms. The number of ether oxygens (including phenoxy) is 30. The predicted molar refractivity (Wildman–Crippen MR) is 583 cm³/mol. The summed E-state index contributed by atoms with van der Waals surface area (Å²) in [4.78, 5) is 0. The minimum atomic E-state index is -0.522. The molecule has 0 saturated carbocycles. The number of hydrogen-bond acceptors (Lipinski definition) is 30. The van der Waals surface area contributed by atoms with E-state index in [1.54, 1.807) is 97.2 Å². The number of rotatable bonds is 120. The van der Waals surface area contributed by atoms with Gasteiger partial charge in [0.15, 0.2) is 0 Å². The van der Waals surface area contributed by atoms with Crippen molar-refractivity contribution >= 4 is 0 Å². The molecule has 0 aliphatic heterocycles. The minimum Gasteiger partial charge on any atom is -0.381 e. The highest BCUT2D eigenvalue weighted by Crippen LogP contribution is 2.29. The Morgan fingerprint density at radius 3 is 0.315 bits per heavy atom. The van der Waals surface area contributed by atoms with E-state index in [-0.39, 0.29) is 168 Å². The van der Waals surface area contributed by atoms with Gasteiger partial charge in [0.2, 0.25) is 0 Å². The molecule has 0 N–H and O–H groups in total. The highest BCUT2D eigenvalue weighted by molar-refractivity contribution is 4.95. The van der Waals surface area contributed by atoms with Crippen molar-refractivity contribution in [3.05, 3.63) is 215 Å². The normalized spacial score (nSPS) is 12.5. The SMILES string of the molecule is C=CCOCC(C)(COCC=C)COCC(COCC(COCC(=C)COCC(COCC(COCC(C)(COCC=C)COCC=C)COCC(C)(COCC=C)COCC=C)COCC(COCC(C)(COCC=C)COCC=C)COCC(C)(COCC=C)COCC=C)COCC(COCC(C)(COCC=C)COCC=C)COCC(C)(COCC=C)COCC=C)COCC(C)(COCC=C)COCC=C. The predicted octanol–water partition coefficient (Wildman–Crippen LogP) is 16.8. The average Bonchev–Trinajstić information content (AvgIpc) is 0.900. The highest BCUT2D eigenvalue weighted by Gasteiger charge is 2.36. The summed E-state index contributed by atoms with van der Waals surface area (Å²) in [7, 11) is 0. The second-order valence-electron chi connectivity index (χ2n) is 40.6. The Hall–Kier alpha value is -5.62. The van der Waals surface area contributed by atoms with E-state index in [1.165, 1.54) is 0 Å². The second-order valence-corrected chi connectivity index (χ2v) is 40.6. The van der Waals surface area contributed by atoms with Gasteiger partial charge in [0.25, 0.3) is 0 Å². The van der Waals surface area contributed by atoms with Gasteiger partial charge in [0.1, 0.15) is 0 Å². The summed E-state index contributed by atoms with van der Waals surface area (Å²) in [6, 6.07) is 0. The molecule has 0 heterocycles. The van der Waals surface area contributed by atoms with E-state index < -0.39 is 43.3 Å². The van der Waals surface area contributed by atoms with Crippen molar-refractivity contribution in [2.45, 2.75) is 55.4 Å². The first kappa shape index (κ1) is 140. The monoisotopic (exact) mass is 2070 g/mol. The van der Waals surface area contributed by atoms with Gasteiger partial charge in [-0.15, -0.1) is 105 Å². The molecular formula is C116H200O30. The Labute approximate surface area is 882 Å².